The van der Waals surface area contributed by atoms with Crippen molar-refractivity contribution >= 4 is 11.9 Å². The summed E-state index contributed by atoms with van der Waals surface area (Å²) in [4.78, 5) is 26.0. The molecule has 6 nitrogen and oxygen atoms in total. The van der Waals surface area contributed by atoms with Gasteiger partial charge in [-0.05, 0) is 24.5 Å². The zero-order valence-corrected chi connectivity index (χ0v) is 9.76. The summed E-state index contributed by atoms with van der Waals surface area (Å²) >= 11 is 0. The Morgan fingerprint density at radius 1 is 1.50 bits per heavy atom. The van der Waals surface area contributed by atoms with Gasteiger partial charge in [0.25, 0.3) is 0 Å². The highest BCUT2D eigenvalue weighted by Crippen LogP contribution is 2.12. The third kappa shape index (κ3) is 3.04. The molecule has 0 aliphatic carbocycles. The van der Waals surface area contributed by atoms with E-state index in [-0.39, 0.29) is 17.7 Å². The van der Waals surface area contributed by atoms with Crippen LogP contribution in [-0.4, -0.2) is 34.7 Å². The molecule has 0 spiro atoms. The van der Waals surface area contributed by atoms with E-state index in [1.165, 1.54) is 12.3 Å². The third-order valence-corrected chi connectivity index (χ3v) is 2.73. The second-order valence-corrected chi connectivity index (χ2v) is 4.08. The quantitative estimate of drug-likeness (QED) is 0.815. The number of hydrogen-bond acceptors (Lipinski definition) is 4. The van der Waals surface area contributed by atoms with Gasteiger partial charge < -0.3 is 15.2 Å². The number of ether oxygens (including phenoxy) is 1. The molecule has 2 rings (SSSR count). The van der Waals surface area contributed by atoms with Crippen molar-refractivity contribution in [2.45, 2.75) is 25.5 Å². The summed E-state index contributed by atoms with van der Waals surface area (Å²) in [6.07, 6.45) is 2.75. The highest BCUT2D eigenvalue weighted by molar-refractivity contribution is 5.85. The van der Waals surface area contributed by atoms with Crippen LogP contribution in [0.1, 0.15) is 28.9 Å². The minimum absolute atomic E-state index is 0.01000. The first-order valence-corrected chi connectivity index (χ1v) is 5.74. The van der Waals surface area contributed by atoms with E-state index >= 15 is 0 Å². The fourth-order valence-electron chi connectivity index (χ4n) is 1.74. The highest BCUT2D eigenvalue weighted by Gasteiger charge is 2.22. The molecule has 1 saturated heterocycles. The number of carbonyl (C=O) groups is 2. The van der Waals surface area contributed by atoms with E-state index in [9.17, 15) is 9.59 Å². The highest BCUT2D eigenvalue weighted by atomic mass is 16.5. The Morgan fingerprint density at radius 3 is 2.89 bits per heavy atom. The van der Waals surface area contributed by atoms with Gasteiger partial charge in [0, 0.05) is 19.3 Å². The molecule has 96 valence electrons. The smallest absolute Gasteiger partial charge is 0.354 e. The first-order valence-electron chi connectivity index (χ1n) is 5.74. The minimum Gasteiger partial charge on any atom is -0.477 e. The molecule has 1 aromatic rings. The SMILES string of the molecule is O=C(O)c1ccc(CNC(=O)[C@H]2CCCO2)cn1. The van der Waals surface area contributed by atoms with E-state index in [0.29, 0.717) is 13.2 Å². The van der Waals surface area contributed by atoms with E-state index in [1.807, 2.05) is 0 Å². The van der Waals surface area contributed by atoms with Crippen LogP contribution in [0.15, 0.2) is 18.3 Å². The van der Waals surface area contributed by atoms with Gasteiger partial charge in [0.1, 0.15) is 11.8 Å². The lowest BCUT2D eigenvalue weighted by molar-refractivity contribution is -0.130. The summed E-state index contributed by atoms with van der Waals surface area (Å²) < 4.78 is 5.25. The molecule has 2 N–H and O–H groups in total. The Bertz CT molecular complexity index is 438. The summed E-state index contributed by atoms with van der Waals surface area (Å²) in [5.41, 5.74) is 0.746. The van der Waals surface area contributed by atoms with Crippen LogP contribution < -0.4 is 5.32 Å². The summed E-state index contributed by atoms with van der Waals surface area (Å²) in [7, 11) is 0. The van der Waals surface area contributed by atoms with Crippen molar-refractivity contribution in [1.29, 1.82) is 0 Å². The van der Waals surface area contributed by atoms with Crippen molar-refractivity contribution in [2.24, 2.45) is 0 Å². The average Bonchev–Trinajstić information content (AvgIpc) is 2.90. The predicted octanol–water partition coefficient (Wildman–Crippen LogP) is 0.575. The van der Waals surface area contributed by atoms with Crippen LogP contribution in [0.3, 0.4) is 0 Å². The van der Waals surface area contributed by atoms with Gasteiger partial charge in [0.15, 0.2) is 0 Å². The van der Waals surface area contributed by atoms with Gasteiger partial charge >= 0.3 is 5.97 Å². The number of nitrogens with one attached hydrogen (secondary N) is 1. The number of aromatic nitrogens is 1. The van der Waals surface area contributed by atoms with Gasteiger partial charge in [-0.25, -0.2) is 9.78 Å². The normalized spacial score (nSPS) is 18.6. The van der Waals surface area contributed by atoms with Crippen molar-refractivity contribution in [3.63, 3.8) is 0 Å². The van der Waals surface area contributed by atoms with Gasteiger partial charge in [0.2, 0.25) is 5.91 Å². The van der Waals surface area contributed by atoms with E-state index < -0.39 is 5.97 Å². The maximum absolute atomic E-state index is 11.6. The average molecular weight is 250 g/mol. The number of nitrogens with zero attached hydrogens (tertiary/aromatic N) is 1. The number of hydrogen-bond donors (Lipinski definition) is 2. The molecule has 6 heteroatoms. The molecule has 0 bridgehead atoms. The molecule has 1 atom stereocenters. The number of carboxylic acids is 1. The number of aromatic carboxylic acids is 1. The third-order valence-electron chi connectivity index (χ3n) is 2.73. The standard InChI is InChI=1S/C12H14N2O4/c15-11(10-2-1-5-18-10)14-7-8-3-4-9(12(16)17)13-6-8/h3-4,6,10H,1-2,5,7H2,(H,14,15)(H,16,17)/t10-/m1/s1. The molecule has 1 aliphatic rings. The maximum atomic E-state index is 11.6. The Morgan fingerprint density at radius 2 is 2.33 bits per heavy atom. The van der Waals surface area contributed by atoms with E-state index in [2.05, 4.69) is 10.3 Å². The van der Waals surface area contributed by atoms with Gasteiger partial charge in [-0.2, -0.15) is 0 Å². The fourth-order valence-corrected chi connectivity index (χ4v) is 1.74. The van der Waals surface area contributed by atoms with Crippen LogP contribution in [0.2, 0.25) is 0 Å². The van der Waals surface area contributed by atoms with E-state index in [4.69, 9.17) is 9.84 Å². The van der Waals surface area contributed by atoms with Crippen LogP contribution in [0, 0.1) is 0 Å². The Labute approximate surface area is 104 Å². The van der Waals surface area contributed by atoms with Crippen molar-refractivity contribution in [2.75, 3.05) is 6.61 Å². The molecule has 0 radical (unpaired) electrons. The van der Waals surface area contributed by atoms with Crippen molar-refractivity contribution in [3.8, 4) is 0 Å². The topological polar surface area (TPSA) is 88.5 Å². The molecule has 1 aliphatic heterocycles. The summed E-state index contributed by atoms with van der Waals surface area (Å²) in [6.45, 7) is 0.957. The largest absolute Gasteiger partial charge is 0.477 e. The predicted molar refractivity (Wildman–Crippen MR) is 62.0 cm³/mol. The van der Waals surface area contributed by atoms with Gasteiger partial charge in [-0.3, -0.25) is 4.79 Å². The number of carboxylic acid groups (broad SMARTS) is 1. The fraction of sp³-hybridized carbons (Fsp3) is 0.417. The van der Waals surface area contributed by atoms with Gasteiger partial charge in [-0.1, -0.05) is 6.07 Å². The summed E-state index contributed by atoms with van der Waals surface area (Å²) in [5, 5.41) is 11.4. The number of carbonyl (C=O) groups excluding carboxylic acids is 1. The number of pyridine rings is 1. The van der Waals surface area contributed by atoms with Crippen molar-refractivity contribution < 1.29 is 19.4 Å². The lowest BCUT2D eigenvalue weighted by atomic mass is 10.2. The zero-order valence-electron chi connectivity index (χ0n) is 9.76. The molecule has 2 heterocycles. The molecule has 1 fully saturated rings. The number of amides is 1. The van der Waals surface area contributed by atoms with E-state index in [1.54, 1.807) is 6.07 Å². The molecule has 18 heavy (non-hydrogen) atoms. The molecule has 0 saturated carbocycles. The van der Waals surface area contributed by atoms with Crippen molar-refractivity contribution in [1.82, 2.24) is 10.3 Å². The van der Waals surface area contributed by atoms with Crippen LogP contribution in [0.4, 0.5) is 0 Å². The molecular weight excluding hydrogens is 236 g/mol. The van der Waals surface area contributed by atoms with Crippen molar-refractivity contribution in [3.05, 3.63) is 29.6 Å². The summed E-state index contributed by atoms with van der Waals surface area (Å²) in [5.74, 6) is -1.19. The molecular formula is C12H14N2O4. The molecule has 1 aromatic heterocycles. The Balaban J connectivity index is 1.86. The first kappa shape index (κ1) is 12.5. The molecule has 0 unspecified atom stereocenters. The van der Waals surface area contributed by atoms with Gasteiger partial charge in [-0.15, -0.1) is 0 Å². The zero-order chi connectivity index (χ0) is 13.0. The lowest BCUT2D eigenvalue weighted by Gasteiger charge is -2.10. The van der Waals surface area contributed by atoms with Crippen LogP contribution in [0.25, 0.3) is 0 Å². The molecule has 1 amide bonds. The maximum Gasteiger partial charge on any atom is 0.354 e. The second kappa shape index (κ2) is 5.59. The van der Waals surface area contributed by atoms with Crippen LogP contribution >= 0.6 is 0 Å². The van der Waals surface area contributed by atoms with Crippen LogP contribution in [0.5, 0.6) is 0 Å². The molecule has 0 aromatic carbocycles. The van der Waals surface area contributed by atoms with Crippen LogP contribution in [-0.2, 0) is 16.1 Å². The monoisotopic (exact) mass is 250 g/mol. The van der Waals surface area contributed by atoms with Gasteiger partial charge in [0.05, 0.1) is 0 Å². The first-order chi connectivity index (χ1) is 8.66. The van der Waals surface area contributed by atoms with E-state index in [0.717, 1.165) is 18.4 Å². The Kier molecular flexibility index (Phi) is 3.88. The minimum atomic E-state index is -1.06. The Hall–Kier alpha value is -1.95. The summed E-state index contributed by atoms with van der Waals surface area (Å²) in [6, 6.07) is 3.04. The lowest BCUT2D eigenvalue weighted by Crippen LogP contribution is -2.33. The second-order valence-electron chi connectivity index (χ2n) is 4.08. The number of rotatable bonds is 4.